The third-order valence-corrected chi connectivity index (χ3v) is 4.36. The fraction of sp³-hybridized carbons (Fsp3) is 0.267. The number of hydrogen-bond donors (Lipinski definition) is 2. The Morgan fingerprint density at radius 2 is 2.27 bits per heavy atom. The molecule has 2 aromatic rings. The van der Waals surface area contributed by atoms with E-state index >= 15 is 0 Å². The van der Waals surface area contributed by atoms with Gasteiger partial charge in [-0.15, -0.1) is 11.3 Å². The van der Waals surface area contributed by atoms with Crippen molar-refractivity contribution in [2.75, 3.05) is 12.4 Å². The molecule has 0 aliphatic rings. The minimum Gasteiger partial charge on any atom is -0.465 e. The van der Waals surface area contributed by atoms with E-state index in [1.165, 1.54) is 18.4 Å². The molecule has 2 rings (SSSR count). The first-order valence-electron chi connectivity index (χ1n) is 6.79. The van der Waals surface area contributed by atoms with Crippen LogP contribution >= 0.6 is 23.6 Å². The first kappa shape index (κ1) is 16.4. The molecule has 0 fully saturated rings. The molecular weight excluding hydrogens is 318 g/mol. The number of pyridine rings is 1. The van der Waals surface area contributed by atoms with Crippen molar-refractivity contribution in [3.05, 3.63) is 46.6 Å². The quantitative estimate of drug-likeness (QED) is 0.647. The van der Waals surface area contributed by atoms with Gasteiger partial charge in [-0.3, -0.25) is 4.98 Å². The molecule has 0 atom stereocenters. The second kappa shape index (κ2) is 7.86. The topological polar surface area (TPSA) is 63.2 Å². The van der Waals surface area contributed by atoms with Crippen molar-refractivity contribution in [1.82, 2.24) is 10.3 Å². The average Bonchev–Trinajstić information content (AvgIpc) is 2.96. The van der Waals surface area contributed by atoms with Crippen molar-refractivity contribution in [2.45, 2.75) is 19.9 Å². The molecule has 0 bridgehead atoms. The molecule has 22 heavy (non-hydrogen) atoms. The van der Waals surface area contributed by atoms with Crippen LogP contribution in [0.5, 0.6) is 0 Å². The number of nitrogens with zero attached hydrogens (tertiary/aromatic N) is 1. The highest BCUT2D eigenvalue weighted by molar-refractivity contribution is 7.80. The first-order chi connectivity index (χ1) is 10.6. The number of aryl methyl sites for hydroxylation is 1. The second-order valence-corrected chi connectivity index (χ2v) is 5.97. The minimum atomic E-state index is -0.369. The van der Waals surface area contributed by atoms with E-state index < -0.39 is 0 Å². The molecule has 0 spiro atoms. The van der Waals surface area contributed by atoms with Crippen molar-refractivity contribution >= 4 is 39.6 Å². The van der Waals surface area contributed by atoms with E-state index in [0.717, 1.165) is 17.0 Å². The van der Waals surface area contributed by atoms with Gasteiger partial charge in [-0.1, -0.05) is 13.0 Å². The molecule has 0 aliphatic heterocycles. The summed E-state index contributed by atoms with van der Waals surface area (Å²) in [5.74, 6) is -0.369. The van der Waals surface area contributed by atoms with Gasteiger partial charge in [0, 0.05) is 11.1 Å². The van der Waals surface area contributed by atoms with E-state index in [4.69, 9.17) is 17.0 Å². The van der Waals surface area contributed by atoms with Gasteiger partial charge in [-0.05, 0) is 36.8 Å². The normalized spacial score (nSPS) is 10.1. The zero-order valence-corrected chi connectivity index (χ0v) is 14.0. The van der Waals surface area contributed by atoms with Gasteiger partial charge in [-0.25, -0.2) is 4.79 Å². The lowest BCUT2D eigenvalue weighted by Gasteiger charge is -2.10. The van der Waals surface area contributed by atoms with Crippen molar-refractivity contribution in [2.24, 2.45) is 0 Å². The van der Waals surface area contributed by atoms with Crippen LogP contribution in [0.15, 0.2) is 30.5 Å². The molecule has 0 unspecified atom stereocenters. The second-order valence-electron chi connectivity index (χ2n) is 4.43. The Labute approximate surface area is 138 Å². The lowest BCUT2D eigenvalue weighted by atomic mass is 10.2. The average molecular weight is 335 g/mol. The van der Waals surface area contributed by atoms with E-state index in [0.29, 0.717) is 22.2 Å². The van der Waals surface area contributed by atoms with Gasteiger partial charge < -0.3 is 15.4 Å². The third-order valence-electron chi connectivity index (χ3n) is 2.92. The number of esters is 1. The van der Waals surface area contributed by atoms with Gasteiger partial charge in [0.2, 0.25) is 0 Å². The summed E-state index contributed by atoms with van der Waals surface area (Å²) < 4.78 is 4.80. The number of carbonyl (C=O) groups excluding carboxylic acids is 1. The van der Waals surface area contributed by atoms with Crippen LogP contribution in [0.4, 0.5) is 5.00 Å². The summed E-state index contributed by atoms with van der Waals surface area (Å²) in [6, 6.07) is 7.53. The Kier molecular flexibility index (Phi) is 5.85. The number of ether oxygens (including phenoxy) is 1. The monoisotopic (exact) mass is 335 g/mol. The van der Waals surface area contributed by atoms with Crippen molar-refractivity contribution in [3.8, 4) is 0 Å². The molecule has 116 valence electrons. The summed E-state index contributed by atoms with van der Waals surface area (Å²) in [4.78, 5) is 17.1. The number of thiophene rings is 1. The smallest absolute Gasteiger partial charge is 0.340 e. The predicted octanol–water partition coefficient (Wildman–Crippen LogP) is 2.98. The fourth-order valence-electron chi connectivity index (χ4n) is 1.79. The van der Waals surface area contributed by atoms with Crippen molar-refractivity contribution < 1.29 is 9.53 Å². The van der Waals surface area contributed by atoms with Gasteiger partial charge >= 0.3 is 5.97 Å². The molecular formula is C15H17N3O2S2. The first-order valence-corrected chi connectivity index (χ1v) is 8.02. The maximum absolute atomic E-state index is 11.8. The number of aromatic nitrogens is 1. The van der Waals surface area contributed by atoms with Gasteiger partial charge in [0.1, 0.15) is 5.00 Å². The fourth-order valence-corrected chi connectivity index (χ4v) is 3.02. The summed E-state index contributed by atoms with van der Waals surface area (Å²) in [6.45, 7) is 2.56. The number of anilines is 1. The summed E-state index contributed by atoms with van der Waals surface area (Å²) in [6.07, 6.45) is 2.58. The molecule has 7 heteroatoms. The number of methoxy groups -OCH3 is 1. The van der Waals surface area contributed by atoms with E-state index in [-0.39, 0.29) is 5.97 Å². The summed E-state index contributed by atoms with van der Waals surface area (Å²) in [7, 11) is 1.37. The lowest BCUT2D eigenvalue weighted by Crippen LogP contribution is -2.28. The van der Waals surface area contributed by atoms with Crippen LogP contribution in [0.2, 0.25) is 0 Å². The highest BCUT2D eigenvalue weighted by atomic mass is 32.1. The zero-order chi connectivity index (χ0) is 15.9. The van der Waals surface area contributed by atoms with Crippen molar-refractivity contribution in [3.63, 3.8) is 0 Å². The van der Waals surface area contributed by atoms with E-state index in [9.17, 15) is 4.79 Å². The molecule has 2 aromatic heterocycles. The van der Waals surface area contributed by atoms with Crippen LogP contribution in [0.25, 0.3) is 0 Å². The van der Waals surface area contributed by atoms with Crippen LogP contribution < -0.4 is 10.6 Å². The van der Waals surface area contributed by atoms with Gasteiger partial charge in [0.05, 0.1) is 24.9 Å². The third kappa shape index (κ3) is 4.25. The molecule has 2 heterocycles. The van der Waals surface area contributed by atoms with Crippen molar-refractivity contribution in [1.29, 1.82) is 0 Å². The molecule has 0 aliphatic carbocycles. The SMILES string of the molecule is CCc1cc(C(=O)OC)c(NC(=S)NCc2ccccn2)s1. The molecule has 0 saturated carbocycles. The zero-order valence-electron chi connectivity index (χ0n) is 12.4. The lowest BCUT2D eigenvalue weighted by molar-refractivity contribution is 0.0602. The number of hydrogen-bond acceptors (Lipinski definition) is 5. The summed E-state index contributed by atoms with van der Waals surface area (Å²) in [5.41, 5.74) is 1.40. The number of carbonyl (C=O) groups is 1. The molecule has 0 amide bonds. The van der Waals surface area contributed by atoms with E-state index in [2.05, 4.69) is 15.6 Å². The molecule has 0 radical (unpaired) electrons. The predicted molar refractivity (Wildman–Crippen MR) is 92.3 cm³/mol. The molecule has 0 aromatic carbocycles. The largest absolute Gasteiger partial charge is 0.465 e. The van der Waals surface area contributed by atoms with E-state index in [1.807, 2.05) is 31.2 Å². The Balaban J connectivity index is 2.01. The highest BCUT2D eigenvalue weighted by Gasteiger charge is 2.17. The Hall–Kier alpha value is -1.99. The van der Waals surface area contributed by atoms with Crippen LogP contribution in [0.1, 0.15) is 27.9 Å². The molecule has 2 N–H and O–H groups in total. The maximum atomic E-state index is 11.8. The van der Waals surface area contributed by atoms with Gasteiger partial charge in [0.15, 0.2) is 5.11 Å². The van der Waals surface area contributed by atoms with Crippen LogP contribution in [0, 0.1) is 0 Å². The number of nitrogens with one attached hydrogen (secondary N) is 2. The van der Waals surface area contributed by atoms with Crippen LogP contribution in [0.3, 0.4) is 0 Å². The minimum absolute atomic E-state index is 0.369. The Morgan fingerprint density at radius 1 is 1.45 bits per heavy atom. The van der Waals surface area contributed by atoms with Gasteiger partial charge in [0.25, 0.3) is 0 Å². The Morgan fingerprint density at radius 3 is 2.91 bits per heavy atom. The standard InChI is InChI=1S/C15H17N3O2S2/c1-3-11-8-12(14(19)20-2)13(22-11)18-15(21)17-9-10-6-4-5-7-16-10/h4-8H,3,9H2,1-2H3,(H2,17,18,21). The summed E-state index contributed by atoms with van der Waals surface area (Å²) >= 11 is 6.77. The van der Waals surface area contributed by atoms with E-state index in [1.54, 1.807) is 6.20 Å². The highest BCUT2D eigenvalue weighted by Crippen LogP contribution is 2.29. The summed E-state index contributed by atoms with van der Waals surface area (Å²) in [5, 5.41) is 7.27. The molecule has 5 nitrogen and oxygen atoms in total. The Bertz CT molecular complexity index is 656. The number of thiocarbonyl (C=S) groups is 1. The molecule has 0 saturated heterocycles. The van der Waals surface area contributed by atoms with Crippen LogP contribution in [-0.2, 0) is 17.7 Å². The van der Waals surface area contributed by atoms with Gasteiger partial charge in [-0.2, -0.15) is 0 Å². The maximum Gasteiger partial charge on any atom is 0.340 e. The van der Waals surface area contributed by atoms with Crippen LogP contribution in [-0.4, -0.2) is 23.2 Å². The number of rotatable bonds is 5.